The van der Waals surface area contributed by atoms with Crippen molar-refractivity contribution in [2.24, 2.45) is 0 Å². The fraction of sp³-hybridized carbons (Fsp3) is 0.250. The highest BCUT2D eigenvalue weighted by Crippen LogP contribution is 2.08. The van der Waals surface area contributed by atoms with Crippen LogP contribution in [0.25, 0.3) is 0 Å². The summed E-state index contributed by atoms with van der Waals surface area (Å²) < 4.78 is 0. The maximum absolute atomic E-state index is 5.47. The number of hydrogen-bond acceptors (Lipinski definition) is 1. The van der Waals surface area contributed by atoms with E-state index in [1.165, 1.54) is 5.56 Å². The van der Waals surface area contributed by atoms with Gasteiger partial charge in [0.15, 0.2) is 0 Å². The van der Waals surface area contributed by atoms with Crippen molar-refractivity contribution in [3.63, 3.8) is 0 Å². The van der Waals surface area contributed by atoms with Gasteiger partial charge in [-0.05, 0) is 31.0 Å². The van der Waals surface area contributed by atoms with E-state index in [-0.39, 0.29) is 0 Å². The monoisotopic (exact) mass is 120 g/mol. The van der Waals surface area contributed by atoms with Crippen LogP contribution in [-0.2, 0) is 0 Å². The summed E-state index contributed by atoms with van der Waals surface area (Å²) in [6.45, 7) is 4.05. The van der Waals surface area contributed by atoms with Crippen LogP contribution in [-0.4, -0.2) is 0 Å². The molecule has 0 aromatic heterocycles. The standard InChI is InChI=1S/C8H10N/c1-6-3-4-8(9)5-7(6)2/h3-4H,9H2,1-2H3. The molecule has 0 bridgehead atoms. The highest BCUT2D eigenvalue weighted by Gasteiger charge is 1.90. The van der Waals surface area contributed by atoms with Gasteiger partial charge in [0.2, 0.25) is 0 Å². The van der Waals surface area contributed by atoms with E-state index in [1.807, 2.05) is 26.0 Å². The Morgan fingerprint density at radius 3 is 2.44 bits per heavy atom. The van der Waals surface area contributed by atoms with Crippen molar-refractivity contribution >= 4 is 5.69 Å². The Kier molecular flexibility index (Phi) is 1.43. The summed E-state index contributed by atoms with van der Waals surface area (Å²) in [5.74, 6) is 0. The van der Waals surface area contributed by atoms with Gasteiger partial charge in [-0.2, -0.15) is 0 Å². The zero-order chi connectivity index (χ0) is 6.85. The molecule has 2 N–H and O–H groups in total. The van der Waals surface area contributed by atoms with Crippen LogP contribution in [0.5, 0.6) is 0 Å². The van der Waals surface area contributed by atoms with E-state index in [0.29, 0.717) is 0 Å². The minimum absolute atomic E-state index is 0.720. The van der Waals surface area contributed by atoms with E-state index in [1.54, 1.807) is 0 Å². The molecule has 0 spiro atoms. The van der Waals surface area contributed by atoms with Gasteiger partial charge in [-0.3, -0.25) is 0 Å². The maximum Gasteiger partial charge on any atom is 0.0397 e. The molecule has 0 amide bonds. The lowest BCUT2D eigenvalue weighted by atomic mass is 10.1. The lowest BCUT2D eigenvalue weighted by Gasteiger charge is -1.97. The van der Waals surface area contributed by atoms with Crippen molar-refractivity contribution in [1.82, 2.24) is 0 Å². The van der Waals surface area contributed by atoms with Crippen LogP contribution in [0.4, 0.5) is 5.69 Å². The fourth-order valence-electron chi connectivity index (χ4n) is 0.697. The van der Waals surface area contributed by atoms with E-state index in [0.717, 1.165) is 11.3 Å². The number of aryl methyl sites for hydroxylation is 2. The average Bonchev–Trinajstić information content (AvgIpc) is 1.80. The molecule has 1 radical (unpaired) electrons. The van der Waals surface area contributed by atoms with Crippen molar-refractivity contribution in [1.29, 1.82) is 0 Å². The molecule has 0 saturated carbocycles. The van der Waals surface area contributed by atoms with Crippen LogP contribution >= 0.6 is 0 Å². The second kappa shape index (κ2) is 2.09. The van der Waals surface area contributed by atoms with Gasteiger partial charge in [-0.1, -0.05) is 6.07 Å². The van der Waals surface area contributed by atoms with Crippen LogP contribution in [0.2, 0.25) is 0 Å². The largest absolute Gasteiger partial charge is 0.398 e. The van der Waals surface area contributed by atoms with Crippen molar-refractivity contribution < 1.29 is 0 Å². The predicted octanol–water partition coefficient (Wildman–Crippen LogP) is 1.69. The first-order valence-corrected chi connectivity index (χ1v) is 2.95. The maximum atomic E-state index is 5.47. The van der Waals surface area contributed by atoms with Gasteiger partial charge in [-0.25, -0.2) is 0 Å². The lowest BCUT2D eigenvalue weighted by molar-refractivity contribution is 1.34. The number of hydrogen-bond donors (Lipinski definition) is 1. The molecule has 0 saturated heterocycles. The van der Waals surface area contributed by atoms with Crippen molar-refractivity contribution in [2.75, 3.05) is 5.73 Å². The number of anilines is 1. The topological polar surface area (TPSA) is 26.0 Å². The molecule has 1 rings (SSSR count). The van der Waals surface area contributed by atoms with Crippen LogP contribution < -0.4 is 5.73 Å². The van der Waals surface area contributed by atoms with E-state index in [4.69, 9.17) is 5.73 Å². The predicted molar refractivity (Wildman–Crippen MR) is 39.2 cm³/mol. The second-order valence-corrected chi connectivity index (χ2v) is 2.22. The number of benzene rings is 1. The van der Waals surface area contributed by atoms with Crippen LogP contribution in [0, 0.1) is 19.9 Å². The summed E-state index contributed by atoms with van der Waals surface area (Å²) in [6, 6.07) is 6.88. The lowest BCUT2D eigenvalue weighted by Crippen LogP contribution is -1.87. The Labute approximate surface area is 55.5 Å². The summed E-state index contributed by atoms with van der Waals surface area (Å²) in [5.41, 5.74) is 8.57. The van der Waals surface area contributed by atoms with Gasteiger partial charge < -0.3 is 5.73 Å². The summed E-state index contributed by atoms with van der Waals surface area (Å²) in [5, 5.41) is 0. The van der Waals surface area contributed by atoms with Crippen LogP contribution in [0.15, 0.2) is 12.1 Å². The van der Waals surface area contributed by atoms with Crippen LogP contribution in [0.3, 0.4) is 0 Å². The zero-order valence-electron chi connectivity index (χ0n) is 5.73. The van der Waals surface area contributed by atoms with Gasteiger partial charge in [0, 0.05) is 11.8 Å². The third-order valence-electron chi connectivity index (χ3n) is 1.44. The van der Waals surface area contributed by atoms with Crippen molar-refractivity contribution in [3.8, 4) is 0 Å². The summed E-state index contributed by atoms with van der Waals surface area (Å²) in [4.78, 5) is 0. The van der Waals surface area contributed by atoms with E-state index < -0.39 is 0 Å². The SMILES string of the molecule is Cc1[c]c(N)ccc1C. The molecule has 0 aliphatic heterocycles. The van der Waals surface area contributed by atoms with Crippen molar-refractivity contribution in [2.45, 2.75) is 13.8 Å². The molecule has 1 aromatic rings. The van der Waals surface area contributed by atoms with Crippen molar-refractivity contribution in [3.05, 3.63) is 29.3 Å². The molecular formula is C8H10N. The highest BCUT2D eigenvalue weighted by molar-refractivity contribution is 5.42. The summed E-state index contributed by atoms with van der Waals surface area (Å²) >= 11 is 0. The molecule has 0 fully saturated rings. The Balaban J connectivity index is 3.17. The van der Waals surface area contributed by atoms with Gasteiger partial charge in [0.25, 0.3) is 0 Å². The summed E-state index contributed by atoms with van der Waals surface area (Å²) in [7, 11) is 0. The van der Waals surface area contributed by atoms with Crippen LogP contribution in [0.1, 0.15) is 11.1 Å². The van der Waals surface area contributed by atoms with E-state index >= 15 is 0 Å². The van der Waals surface area contributed by atoms with Gasteiger partial charge in [-0.15, -0.1) is 0 Å². The smallest absolute Gasteiger partial charge is 0.0397 e. The number of nitrogens with two attached hydrogens (primary N) is 1. The third kappa shape index (κ3) is 1.22. The molecule has 47 valence electrons. The zero-order valence-corrected chi connectivity index (χ0v) is 5.73. The first-order valence-electron chi connectivity index (χ1n) is 2.95. The molecule has 0 aliphatic carbocycles. The molecule has 1 nitrogen and oxygen atoms in total. The molecule has 9 heavy (non-hydrogen) atoms. The highest BCUT2D eigenvalue weighted by atomic mass is 14.5. The Hall–Kier alpha value is -0.980. The Morgan fingerprint density at radius 2 is 2.00 bits per heavy atom. The minimum Gasteiger partial charge on any atom is -0.398 e. The first-order chi connectivity index (χ1) is 4.20. The molecule has 1 aromatic carbocycles. The number of nitrogen functional groups attached to an aromatic ring is 1. The minimum atomic E-state index is 0.720. The molecule has 0 heterocycles. The fourth-order valence-corrected chi connectivity index (χ4v) is 0.697. The third-order valence-corrected chi connectivity index (χ3v) is 1.44. The van der Waals surface area contributed by atoms with Gasteiger partial charge >= 0.3 is 0 Å². The Morgan fingerprint density at radius 1 is 1.33 bits per heavy atom. The van der Waals surface area contributed by atoms with Gasteiger partial charge in [0.1, 0.15) is 0 Å². The molecular weight excluding hydrogens is 110 g/mol. The average molecular weight is 120 g/mol. The molecule has 1 heteroatoms. The van der Waals surface area contributed by atoms with E-state index in [9.17, 15) is 0 Å². The number of rotatable bonds is 0. The van der Waals surface area contributed by atoms with E-state index in [2.05, 4.69) is 6.07 Å². The Bertz CT molecular complexity index is 216. The normalized spacial score (nSPS) is 9.56. The quantitative estimate of drug-likeness (QED) is 0.518. The molecule has 0 atom stereocenters. The van der Waals surface area contributed by atoms with Gasteiger partial charge in [0.05, 0.1) is 0 Å². The molecule has 0 unspecified atom stereocenters. The summed E-state index contributed by atoms with van der Waals surface area (Å²) in [6.07, 6.45) is 0. The second-order valence-electron chi connectivity index (χ2n) is 2.22. The first kappa shape index (κ1) is 6.14. The molecule has 0 aliphatic rings.